The Hall–Kier alpha value is -1.55. The third kappa shape index (κ3) is 1.74. The van der Waals surface area contributed by atoms with Crippen molar-refractivity contribution < 1.29 is 19.3 Å². The Balaban J connectivity index is 2.10. The molecule has 2 aromatic heterocycles. The first-order valence-corrected chi connectivity index (χ1v) is 6.09. The fourth-order valence-electron chi connectivity index (χ4n) is 2.16. The first-order chi connectivity index (χ1) is 9.46. The molecule has 0 radical (unpaired) electrons. The molecule has 1 aliphatic rings. The molecule has 0 amide bonds. The normalized spacial score (nSPS) is 33.9. The number of fused-ring (bicyclic) bond motifs is 1. The average Bonchev–Trinajstić information content (AvgIpc) is 2.92. The molecule has 10 heteroatoms. The fourth-order valence-corrected chi connectivity index (χ4v) is 2.46. The number of rotatable bonds is 2. The van der Waals surface area contributed by atoms with E-state index in [1.54, 1.807) is 0 Å². The van der Waals surface area contributed by atoms with Crippen molar-refractivity contribution in [3.8, 4) is 0 Å². The summed E-state index contributed by atoms with van der Waals surface area (Å²) in [6, 6.07) is 0. The van der Waals surface area contributed by atoms with Gasteiger partial charge in [0.1, 0.15) is 24.1 Å². The molecule has 0 aliphatic carbocycles. The van der Waals surface area contributed by atoms with E-state index in [4.69, 9.17) is 27.2 Å². The minimum atomic E-state index is -2.62. The number of halogens is 2. The quantitative estimate of drug-likeness (QED) is 0.644. The second-order valence-electron chi connectivity index (χ2n) is 4.41. The highest BCUT2D eigenvalue weighted by Gasteiger charge is 2.57. The van der Waals surface area contributed by atoms with E-state index in [1.165, 1.54) is 17.2 Å². The van der Waals surface area contributed by atoms with E-state index >= 15 is 0 Å². The molecule has 4 atom stereocenters. The molecule has 3 heterocycles. The number of nitrogens with two attached hydrogens (primary N) is 1. The molecule has 0 spiro atoms. The van der Waals surface area contributed by atoms with Crippen LogP contribution in [-0.2, 0) is 4.74 Å². The van der Waals surface area contributed by atoms with Crippen LogP contribution in [0.5, 0.6) is 0 Å². The van der Waals surface area contributed by atoms with Crippen LogP contribution in [0.25, 0.3) is 11.2 Å². The van der Waals surface area contributed by atoms with E-state index in [0.29, 0.717) is 0 Å². The van der Waals surface area contributed by atoms with Crippen LogP contribution < -0.4 is 5.73 Å². The number of hydrogen-bond acceptors (Lipinski definition) is 7. The minimum Gasteiger partial charge on any atom is -0.394 e. The van der Waals surface area contributed by atoms with Gasteiger partial charge in [0.15, 0.2) is 17.7 Å². The summed E-state index contributed by atoms with van der Waals surface area (Å²) in [7, 11) is 0. The van der Waals surface area contributed by atoms with Gasteiger partial charge in [-0.3, -0.25) is 4.57 Å². The number of imidazole rings is 1. The molecule has 8 nitrogen and oxygen atoms in total. The second-order valence-corrected chi connectivity index (χ2v) is 4.99. The van der Waals surface area contributed by atoms with Crippen molar-refractivity contribution in [1.82, 2.24) is 19.5 Å². The predicted molar refractivity (Wildman–Crippen MR) is 66.4 cm³/mol. The van der Waals surface area contributed by atoms with Gasteiger partial charge in [-0.05, 0) is 0 Å². The second kappa shape index (κ2) is 4.48. The summed E-state index contributed by atoms with van der Waals surface area (Å²) in [5.41, 5.74) is 6.12. The zero-order valence-corrected chi connectivity index (χ0v) is 10.8. The third-order valence-electron chi connectivity index (χ3n) is 3.20. The minimum absolute atomic E-state index is 0.130. The largest absolute Gasteiger partial charge is 0.394 e. The van der Waals surface area contributed by atoms with E-state index < -0.39 is 30.2 Å². The van der Waals surface area contributed by atoms with Crippen LogP contribution in [0, 0.1) is 0 Å². The topological polar surface area (TPSA) is 119 Å². The Morgan fingerprint density at radius 2 is 2.25 bits per heavy atom. The molecule has 1 saturated heterocycles. The van der Waals surface area contributed by atoms with Crippen molar-refractivity contribution in [2.75, 3.05) is 12.3 Å². The maximum Gasteiger partial charge on any atom is 0.256 e. The van der Waals surface area contributed by atoms with Crippen molar-refractivity contribution >= 4 is 28.6 Å². The summed E-state index contributed by atoms with van der Waals surface area (Å²) in [5, 5.41) is 16.2. The van der Waals surface area contributed by atoms with Gasteiger partial charge in [-0.25, -0.2) is 19.3 Å². The van der Waals surface area contributed by atoms with E-state index in [-0.39, 0.29) is 17.0 Å². The number of aliphatic hydroxyl groups is 2. The number of nitrogens with zero attached hydrogens (tertiary/aromatic N) is 4. The van der Waals surface area contributed by atoms with Crippen LogP contribution in [-0.4, -0.2) is 53.7 Å². The summed E-state index contributed by atoms with van der Waals surface area (Å²) >= 11 is 5.71. The number of ether oxygens (including phenoxy) is 1. The van der Waals surface area contributed by atoms with Gasteiger partial charge in [0, 0.05) is 0 Å². The van der Waals surface area contributed by atoms with E-state index in [1.807, 2.05) is 0 Å². The lowest BCUT2D eigenvalue weighted by Crippen LogP contribution is -2.38. The maximum absolute atomic E-state index is 14.5. The number of anilines is 1. The molecule has 2 unspecified atom stereocenters. The molecule has 4 N–H and O–H groups in total. The van der Waals surface area contributed by atoms with Gasteiger partial charge in [-0.2, -0.15) is 0 Å². The molecule has 0 saturated carbocycles. The number of aromatic nitrogens is 4. The molecule has 2 aromatic rings. The SMILES string of the molecule is Nc1ncnc2c1ncn2[C@@H]1O[C@H](CO)C(O)C1(F)Cl. The Kier molecular flexibility index (Phi) is 3.01. The maximum atomic E-state index is 14.5. The number of alkyl halides is 2. The average molecular weight is 304 g/mol. The molecular weight excluding hydrogens is 293 g/mol. The molecule has 1 fully saturated rings. The Bertz CT molecular complexity index is 651. The molecule has 0 aromatic carbocycles. The number of aliphatic hydroxyl groups excluding tert-OH is 2. The van der Waals surface area contributed by atoms with Gasteiger partial charge < -0.3 is 20.7 Å². The van der Waals surface area contributed by atoms with Gasteiger partial charge in [-0.1, -0.05) is 11.6 Å². The van der Waals surface area contributed by atoms with Gasteiger partial charge in [-0.15, -0.1) is 0 Å². The van der Waals surface area contributed by atoms with Crippen molar-refractivity contribution in [3.63, 3.8) is 0 Å². The zero-order chi connectivity index (χ0) is 14.5. The standard InChI is InChI=1S/C10H11ClFN5O3/c11-10(12)6(19)4(1-18)20-9(10)17-3-16-5-7(13)14-2-15-8(5)17/h2-4,6,9,18-19H,1H2,(H2,13,14,15)/t4-,6?,9-,10?/m1/s1. The van der Waals surface area contributed by atoms with Crippen molar-refractivity contribution in [3.05, 3.63) is 12.7 Å². The summed E-state index contributed by atoms with van der Waals surface area (Å²) in [6.07, 6.45) is -1.78. The van der Waals surface area contributed by atoms with Crippen LogP contribution in [0.3, 0.4) is 0 Å². The monoisotopic (exact) mass is 303 g/mol. The lowest BCUT2D eigenvalue weighted by molar-refractivity contribution is -0.0482. The van der Waals surface area contributed by atoms with Gasteiger partial charge >= 0.3 is 0 Å². The first-order valence-electron chi connectivity index (χ1n) is 5.72. The van der Waals surface area contributed by atoms with Crippen LogP contribution in [0.15, 0.2) is 12.7 Å². The molecule has 1 aliphatic heterocycles. The molecule has 0 bridgehead atoms. The Morgan fingerprint density at radius 3 is 2.90 bits per heavy atom. The molecular formula is C10H11ClFN5O3. The Labute approximate surface area is 117 Å². The van der Waals surface area contributed by atoms with E-state index in [2.05, 4.69) is 15.0 Å². The van der Waals surface area contributed by atoms with Gasteiger partial charge in [0.05, 0.1) is 12.9 Å². The molecule has 20 heavy (non-hydrogen) atoms. The Morgan fingerprint density at radius 1 is 1.50 bits per heavy atom. The summed E-state index contributed by atoms with van der Waals surface area (Å²) in [6.45, 7) is -0.570. The number of hydrogen-bond donors (Lipinski definition) is 3. The highest BCUT2D eigenvalue weighted by Crippen LogP contribution is 2.45. The van der Waals surface area contributed by atoms with Crippen molar-refractivity contribution in [2.45, 2.75) is 23.6 Å². The van der Waals surface area contributed by atoms with E-state index in [0.717, 1.165) is 0 Å². The molecule has 3 rings (SSSR count). The lowest BCUT2D eigenvalue weighted by atomic mass is 10.1. The van der Waals surface area contributed by atoms with Crippen LogP contribution >= 0.6 is 11.6 Å². The van der Waals surface area contributed by atoms with Gasteiger partial charge in [0.2, 0.25) is 0 Å². The highest BCUT2D eigenvalue weighted by molar-refractivity contribution is 6.23. The van der Waals surface area contributed by atoms with Crippen LogP contribution in [0.2, 0.25) is 0 Å². The fraction of sp³-hybridized carbons (Fsp3) is 0.500. The van der Waals surface area contributed by atoms with Crippen LogP contribution in [0.4, 0.5) is 10.2 Å². The van der Waals surface area contributed by atoms with Crippen LogP contribution in [0.1, 0.15) is 6.23 Å². The first kappa shape index (κ1) is 13.4. The summed E-state index contributed by atoms with van der Waals surface area (Å²) in [5.74, 6) is 0.130. The molecule has 108 valence electrons. The summed E-state index contributed by atoms with van der Waals surface area (Å²) in [4.78, 5) is 11.7. The third-order valence-corrected chi connectivity index (χ3v) is 3.61. The highest BCUT2D eigenvalue weighted by atomic mass is 35.5. The lowest BCUT2D eigenvalue weighted by Gasteiger charge is -2.22. The zero-order valence-electron chi connectivity index (χ0n) is 10.0. The summed E-state index contributed by atoms with van der Waals surface area (Å²) < 4.78 is 20.9. The van der Waals surface area contributed by atoms with Crippen molar-refractivity contribution in [1.29, 1.82) is 0 Å². The number of nitrogen functional groups attached to an aromatic ring is 1. The predicted octanol–water partition coefficient (Wildman–Crippen LogP) is -0.436. The van der Waals surface area contributed by atoms with Crippen molar-refractivity contribution in [2.24, 2.45) is 0 Å². The van der Waals surface area contributed by atoms with E-state index in [9.17, 15) is 9.50 Å². The smallest absolute Gasteiger partial charge is 0.256 e. The van der Waals surface area contributed by atoms with Gasteiger partial charge in [0.25, 0.3) is 5.13 Å².